The summed E-state index contributed by atoms with van der Waals surface area (Å²) in [5.41, 5.74) is 6.37. The van der Waals surface area contributed by atoms with E-state index in [0.29, 0.717) is 24.8 Å². The second-order valence-electron chi connectivity index (χ2n) is 5.56. The van der Waals surface area contributed by atoms with Gasteiger partial charge in [0.05, 0.1) is 18.8 Å². The summed E-state index contributed by atoms with van der Waals surface area (Å²) < 4.78 is 32.9. The predicted octanol–water partition coefficient (Wildman–Crippen LogP) is 2.22. The van der Waals surface area contributed by atoms with Crippen LogP contribution in [-0.2, 0) is 4.74 Å². The van der Waals surface area contributed by atoms with Crippen LogP contribution in [0.1, 0.15) is 30.9 Å². The van der Waals surface area contributed by atoms with Gasteiger partial charge in [0.15, 0.2) is 0 Å². The highest BCUT2D eigenvalue weighted by Gasteiger charge is 2.39. The first-order valence-corrected chi connectivity index (χ1v) is 7.23. The molecule has 1 heterocycles. The zero-order valence-electron chi connectivity index (χ0n) is 11.4. The average molecular weight is 282 g/mol. The number of rotatable bonds is 3. The molecule has 1 saturated heterocycles. The fourth-order valence-corrected chi connectivity index (χ4v) is 3.56. The Morgan fingerprint density at radius 1 is 1.35 bits per heavy atom. The molecule has 1 aliphatic carbocycles. The van der Waals surface area contributed by atoms with Gasteiger partial charge in [-0.05, 0) is 25.3 Å². The van der Waals surface area contributed by atoms with E-state index in [1.165, 1.54) is 12.1 Å². The second kappa shape index (κ2) is 5.76. The molecule has 5 heteroatoms. The Bertz CT molecular complexity index is 483. The van der Waals surface area contributed by atoms with Gasteiger partial charge in [0.25, 0.3) is 0 Å². The Balaban J connectivity index is 1.88. The van der Waals surface area contributed by atoms with Gasteiger partial charge in [-0.25, -0.2) is 8.78 Å². The van der Waals surface area contributed by atoms with E-state index in [1.54, 1.807) is 0 Å². The van der Waals surface area contributed by atoms with Crippen molar-refractivity contribution in [1.82, 2.24) is 4.90 Å². The van der Waals surface area contributed by atoms with Crippen molar-refractivity contribution in [2.75, 3.05) is 19.7 Å². The van der Waals surface area contributed by atoms with Gasteiger partial charge in [0, 0.05) is 30.8 Å². The molecule has 3 atom stereocenters. The maximum Gasteiger partial charge on any atom is 0.130 e. The maximum absolute atomic E-state index is 14.0. The predicted molar refractivity (Wildman–Crippen MR) is 72.2 cm³/mol. The Labute approximate surface area is 117 Å². The highest BCUT2D eigenvalue weighted by Crippen LogP contribution is 2.35. The van der Waals surface area contributed by atoms with E-state index in [4.69, 9.17) is 10.5 Å². The van der Waals surface area contributed by atoms with E-state index < -0.39 is 11.6 Å². The van der Waals surface area contributed by atoms with Gasteiger partial charge >= 0.3 is 0 Å². The van der Waals surface area contributed by atoms with Gasteiger partial charge in [-0.1, -0.05) is 6.07 Å². The Hall–Kier alpha value is -1.04. The molecular formula is C15H20F2N2O. The quantitative estimate of drug-likeness (QED) is 0.924. The fourth-order valence-electron chi connectivity index (χ4n) is 3.56. The number of halogens is 2. The van der Waals surface area contributed by atoms with Crippen molar-refractivity contribution >= 4 is 0 Å². The highest BCUT2D eigenvalue weighted by molar-refractivity contribution is 5.23. The Kier molecular flexibility index (Phi) is 4.01. The molecule has 1 aliphatic heterocycles. The van der Waals surface area contributed by atoms with Crippen LogP contribution in [0.15, 0.2) is 18.2 Å². The summed E-state index contributed by atoms with van der Waals surface area (Å²) in [5.74, 6) is -1.07. The van der Waals surface area contributed by atoms with E-state index in [-0.39, 0.29) is 12.1 Å². The zero-order valence-corrected chi connectivity index (χ0v) is 11.4. The van der Waals surface area contributed by atoms with Crippen molar-refractivity contribution in [2.24, 2.45) is 5.73 Å². The first-order chi connectivity index (χ1) is 9.70. The van der Waals surface area contributed by atoms with E-state index >= 15 is 0 Å². The van der Waals surface area contributed by atoms with Crippen LogP contribution in [0.3, 0.4) is 0 Å². The molecule has 3 rings (SSSR count). The molecule has 2 fully saturated rings. The van der Waals surface area contributed by atoms with Gasteiger partial charge in [0.1, 0.15) is 11.6 Å². The fraction of sp³-hybridized carbons (Fsp3) is 0.600. The summed E-state index contributed by atoms with van der Waals surface area (Å²) in [5, 5.41) is 0. The number of nitrogens with two attached hydrogens (primary N) is 1. The molecule has 0 bridgehead atoms. The van der Waals surface area contributed by atoms with Crippen molar-refractivity contribution in [3.8, 4) is 0 Å². The van der Waals surface area contributed by atoms with Gasteiger partial charge in [0.2, 0.25) is 0 Å². The third-order valence-corrected chi connectivity index (χ3v) is 4.47. The lowest BCUT2D eigenvalue weighted by atomic mass is 10.00. The van der Waals surface area contributed by atoms with Gasteiger partial charge in [-0.2, -0.15) is 0 Å². The van der Waals surface area contributed by atoms with E-state index in [2.05, 4.69) is 4.90 Å². The summed E-state index contributed by atoms with van der Waals surface area (Å²) in [6.07, 6.45) is 3.49. The minimum Gasteiger partial charge on any atom is -0.375 e. The lowest BCUT2D eigenvalue weighted by Crippen LogP contribution is -2.51. The molecule has 2 aliphatic rings. The first-order valence-electron chi connectivity index (χ1n) is 7.23. The van der Waals surface area contributed by atoms with Crippen LogP contribution < -0.4 is 5.73 Å². The van der Waals surface area contributed by atoms with Crippen LogP contribution >= 0.6 is 0 Å². The molecule has 0 aromatic heterocycles. The summed E-state index contributed by atoms with van der Waals surface area (Å²) in [7, 11) is 0. The molecule has 0 spiro atoms. The van der Waals surface area contributed by atoms with E-state index in [9.17, 15) is 8.78 Å². The van der Waals surface area contributed by atoms with Gasteiger partial charge in [-0.15, -0.1) is 0 Å². The van der Waals surface area contributed by atoms with Crippen molar-refractivity contribution in [2.45, 2.75) is 37.5 Å². The van der Waals surface area contributed by atoms with E-state index in [0.717, 1.165) is 31.9 Å². The SMILES string of the molecule is NCC(c1ccc(F)cc1F)N1CCOC2CCCC21. The zero-order chi connectivity index (χ0) is 14.1. The molecular weight excluding hydrogens is 262 g/mol. The normalized spacial score (nSPS) is 28.4. The number of morpholine rings is 1. The Morgan fingerprint density at radius 2 is 2.20 bits per heavy atom. The number of benzene rings is 1. The molecule has 3 unspecified atom stereocenters. The molecule has 1 aromatic carbocycles. The molecule has 0 amide bonds. The van der Waals surface area contributed by atoms with Crippen molar-refractivity contribution in [1.29, 1.82) is 0 Å². The maximum atomic E-state index is 14.0. The number of hydrogen-bond acceptors (Lipinski definition) is 3. The number of hydrogen-bond donors (Lipinski definition) is 1. The molecule has 0 radical (unpaired) electrons. The van der Waals surface area contributed by atoms with Crippen molar-refractivity contribution in [3.05, 3.63) is 35.4 Å². The monoisotopic (exact) mass is 282 g/mol. The summed E-state index contributed by atoms with van der Waals surface area (Å²) in [6, 6.07) is 3.85. The summed E-state index contributed by atoms with van der Waals surface area (Å²) >= 11 is 0. The smallest absolute Gasteiger partial charge is 0.130 e. The minimum atomic E-state index is -0.553. The van der Waals surface area contributed by atoms with Gasteiger partial charge in [-0.3, -0.25) is 4.90 Å². The summed E-state index contributed by atoms with van der Waals surface area (Å²) in [4.78, 5) is 2.25. The van der Waals surface area contributed by atoms with Crippen LogP contribution in [0.5, 0.6) is 0 Å². The largest absolute Gasteiger partial charge is 0.375 e. The third-order valence-electron chi connectivity index (χ3n) is 4.47. The van der Waals surface area contributed by atoms with E-state index in [1.807, 2.05) is 0 Å². The minimum absolute atomic E-state index is 0.204. The highest BCUT2D eigenvalue weighted by atomic mass is 19.1. The Morgan fingerprint density at radius 3 is 2.95 bits per heavy atom. The average Bonchev–Trinajstić information content (AvgIpc) is 2.91. The van der Waals surface area contributed by atoms with Crippen LogP contribution in [-0.4, -0.2) is 36.7 Å². The standard InChI is InChI=1S/C15H20F2N2O/c16-10-4-5-11(12(17)8-10)14(9-18)19-6-7-20-15-3-1-2-13(15)19/h4-5,8,13-15H,1-3,6-7,9,18H2. The lowest BCUT2D eigenvalue weighted by Gasteiger charge is -2.42. The van der Waals surface area contributed by atoms with Gasteiger partial charge < -0.3 is 10.5 Å². The van der Waals surface area contributed by atoms with Crippen molar-refractivity contribution in [3.63, 3.8) is 0 Å². The molecule has 2 N–H and O–H groups in total. The van der Waals surface area contributed by atoms with Crippen molar-refractivity contribution < 1.29 is 13.5 Å². The topological polar surface area (TPSA) is 38.5 Å². The van der Waals surface area contributed by atoms with Crippen LogP contribution in [0, 0.1) is 11.6 Å². The van der Waals surface area contributed by atoms with Crippen LogP contribution in [0.4, 0.5) is 8.78 Å². The lowest BCUT2D eigenvalue weighted by molar-refractivity contribution is -0.0715. The molecule has 3 nitrogen and oxygen atoms in total. The second-order valence-corrected chi connectivity index (χ2v) is 5.56. The number of nitrogens with zero attached hydrogens (tertiary/aromatic N) is 1. The summed E-state index contributed by atoms with van der Waals surface area (Å²) in [6.45, 7) is 1.73. The molecule has 20 heavy (non-hydrogen) atoms. The molecule has 1 saturated carbocycles. The van der Waals surface area contributed by atoms with Crippen LogP contribution in [0.2, 0.25) is 0 Å². The third kappa shape index (κ3) is 2.45. The number of ether oxygens (including phenoxy) is 1. The first kappa shape index (κ1) is 13.9. The molecule has 110 valence electrons. The van der Waals surface area contributed by atoms with Crippen LogP contribution in [0.25, 0.3) is 0 Å². The number of fused-ring (bicyclic) bond motifs is 1. The molecule has 1 aromatic rings.